The average molecular weight is 228 g/mol. The molecule has 4 nitrogen and oxygen atoms in total. The lowest BCUT2D eigenvalue weighted by Crippen LogP contribution is -2.22. The Kier molecular flexibility index (Phi) is 4.16. The summed E-state index contributed by atoms with van der Waals surface area (Å²) in [4.78, 5) is 12.6. The quantitative estimate of drug-likeness (QED) is 0.847. The first kappa shape index (κ1) is 11.7. The van der Waals surface area contributed by atoms with Crippen LogP contribution in [-0.4, -0.2) is 21.5 Å². The predicted octanol–water partition coefficient (Wildman–Crippen LogP) is 1.76. The van der Waals surface area contributed by atoms with Crippen molar-refractivity contribution in [1.82, 2.24) is 20.3 Å². The van der Waals surface area contributed by atoms with Gasteiger partial charge in [-0.1, -0.05) is 6.07 Å². The predicted molar refractivity (Wildman–Crippen MR) is 66.4 cm³/mol. The Hall–Kier alpha value is -1.81. The van der Waals surface area contributed by atoms with E-state index in [1.165, 1.54) is 0 Å². The summed E-state index contributed by atoms with van der Waals surface area (Å²) in [7, 11) is 0. The smallest absolute Gasteiger partial charge is 0.0753 e. The fourth-order valence-electron chi connectivity index (χ4n) is 1.60. The van der Waals surface area contributed by atoms with E-state index in [1.54, 1.807) is 18.6 Å². The summed E-state index contributed by atoms with van der Waals surface area (Å²) in [6.07, 6.45) is 7.93. The second-order valence-corrected chi connectivity index (χ2v) is 3.88. The van der Waals surface area contributed by atoms with Gasteiger partial charge in [-0.15, -0.1) is 0 Å². The molecule has 2 rings (SSSR count). The van der Waals surface area contributed by atoms with E-state index < -0.39 is 0 Å². The van der Waals surface area contributed by atoms with E-state index in [0.29, 0.717) is 0 Å². The summed E-state index contributed by atoms with van der Waals surface area (Å²) in [6.45, 7) is 2.97. The summed E-state index contributed by atoms with van der Waals surface area (Å²) in [5, 5.41) is 3.40. The van der Waals surface area contributed by atoms with Gasteiger partial charge in [-0.05, 0) is 19.1 Å². The van der Waals surface area contributed by atoms with Crippen LogP contribution in [0, 0.1) is 0 Å². The first-order valence-corrected chi connectivity index (χ1v) is 5.75. The highest BCUT2D eigenvalue weighted by molar-refractivity contribution is 5.04. The highest BCUT2D eigenvalue weighted by Crippen LogP contribution is 2.06. The third-order valence-electron chi connectivity index (χ3n) is 2.58. The molecule has 0 fully saturated rings. The molecule has 0 amide bonds. The van der Waals surface area contributed by atoms with Crippen LogP contribution in [0.2, 0.25) is 0 Å². The molecule has 17 heavy (non-hydrogen) atoms. The maximum absolute atomic E-state index is 4.28. The van der Waals surface area contributed by atoms with Gasteiger partial charge in [0.05, 0.1) is 5.69 Å². The molecule has 88 valence electrons. The Bertz CT molecular complexity index is 430. The molecule has 2 aromatic heterocycles. The highest BCUT2D eigenvalue weighted by atomic mass is 14.9. The fraction of sp³-hybridized carbons (Fsp3) is 0.308. The number of rotatable bonds is 5. The molecule has 1 atom stereocenters. The Labute approximate surface area is 101 Å². The van der Waals surface area contributed by atoms with Gasteiger partial charge in [0.2, 0.25) is 0 Å². The number of pyridine rings is 1. The minimum atomic E-state index is 0.215. The van der Waals surface area contributed by atoms with E-state index in [2.05, 4.69) is 27.2 Å². The summed E-state index contributed by atoms with van der Waals surface area (Å²) < 4.78 is 0. The first-order valence-electron chi connectivity index (χ1n) is 5.75. The van der Waals surface area contributed by atoms with Gasteiger partial charge in [0, 0.05) is 49.5 Å². The lowest BCUT2D eigenvalue weighted by atomic mass is 10.2. The van der Waals surface area contributed by atoms with Crippen LogP contribution < -0.4 is 5.32 Å². The van der Waals surface area contributed by atoms with E-state index in [-0.39, 0.29) is 6.04 Å². The molecule has 0 aliphatic carbocycles. The molecular formula is C13H16N4. The fourth-order valence-corrected chi connectivity index (χ4v) is 1.60. The highest BCUT2D eigenvalue weighted by Gasteiger charge is 2.05. The Morgan fingerprint density at radius 3 is 2.82 bits per heavy atom. The molecule has 2 heterocycles. The van der Waals surface area contributed by atoms with Gasteiger partial charge in [0.25, 0.3) is 0 Å². The SMILES string of the molecule is CC(NCCc1ccccn1)c1cnccn1. The van der Waals surface area contributed by atoms with Gasteiger partial charge < -0.3 is 5.32 Å². The molecule has 0 saturated carbocycles. The first-order chi connectivity index (χ1) is 8.36. The molecule has 0 saturated heterocycles. The minimum Gasteiger partial charge on any atom is -0.308 e. The van der Waals surface area contributed by atoms with E-state index in [9.17, 15) is 0 Å². The molecule has 0 radical (unpaired) electrons. The normalized spacial score (nSPS) is 12.3. The molecule has 1 N–H and O–H groups in total. The van der Waals surface area contributed by atoms with E-state index in [4.69, 9.17) is 0 Å². The van der Waals surface area contributed by atoms with Crippen molar-refractivity contribution >= 4 is 0 Å². The Morgan fingerprint density at radius 2 is 2.12 bits per heavy atom. The van der Waals surface area contributed by atoms with Gasteiger partial charge in [0.1, 0.15) is 0 Å². The lowest BCUT2D eigenvalue weighted by Gasteiger charge is -2.12. The maximum atomic E-state index is 4.28. The molecule has 1 unspecified atom stereocenters. The van der Waals surface area contributed by atoms with E-state index in [0.717, 1.165) is 24.4 Å². The number of hydrogen-bond donors (Lipinski definition) is 1. The Balaban J connectivity index is 1.79. The second kappa shape index (κ2) is 6.06. The van der Waals surface area contributed by atoms with Crippen molar-refractivity contribution in [3.05, 3.63) is 54.4 Å². The van der Waals surface area contributed by atoms with Crippen molar-refractivity contribution in [3.8, 4) is 0 Å². The third-order valence-corrected chi connectivity index (χ3v) is 2.58. The van der Waals surface area contributed by atoms with Crippen LogP contribution >= 0.6 is 0 Å². The summed E-state index contributed by atoms with van der Waals surface area (Å²) >= 11 is 0. The van der Waals surface area contributed by atoms with Crippen LogP contribution in [0.3, 0.4) is 0 Å². The number of hydrogen-bond acceptors (Lipinski definition) is 4. The van der Waals surface area contributed by atoms with Crippen LogP contribution in [0.5, 0.6) is 0 Å². The average Bonchev–Trinajstić information content (AvgIpc) is 2.41. The van der Waals surface area contributed by atoms with Crippen molar-refractivity contribution in [2.45, 2.75) is 19.4 Å². The van der Waals surface area contributed by atoms with Gasteiger partial charge >= 0.3 is 0 Å². The summed E-state index contributed by atoms with van der Waals surface area (Å²) in [5.41, 5.74) is 2.07. The number of nitrogens with one attached hydrogen (secondary N) is 1. The molecule has 4 heteroatoms. The third kappa shape index (κ3) is 3.60. The number of nitrogens with zero attached hydrogens (tertiary/aromatic N) is 3. The number of aromatic nitrogens is 3. The van der Waals surface area contributed by atoms with Crippen molar-refractivity contribution in [3.63, 3.8) is 0 Å². The largest absolute Gasteiger partial charge is 0.308 e. The minimum absolute atomic E-state index is 0.215. The standard InChI is InChI=1S/C13H16N4/c1-11(13-10-14-8-9-17-13)15-7-5-12-4-2-3-6-16-12/h2-4,6,8-11,15H,5,7H2,1H3. The summed E-state index contributed by atoms with van der Waals surface area (Å²) in [5.74, 6) is 0. The second-order valence-electron chi connectivity index (χ2n) is 3.88. The van der Waals surface area contributed by atoms with Gasteiger partial charge in [-0.2, -0.15) is 0 Å². The molecule has 2 aromatic rings. The topological polar surface area (TPSA) is 50.7 Å². The zero-order valence-electron chi connectivity index (χ0n) is 9.87. The van der Waals surface area contributed by atoms with Crippen molar-refractivity contribution in [1.29, 1.82) is 0 Å². The van der Waals surface area contributed by atoms with Crippen LogP contribution in [0.1, 0.15) is 24.4 Å². The van der Waals surface area contributed by atoms with Gasteiger partial charge in [-0.25, -0.2) is 0 Å². The monoisotopic (exact) mass is 228 g/mol. The molecule has 0 spiro atoms. The van der Waals surface area contributed by atoms with Crippen molar-refractivity contribution < 1.29 is 0 Å². The zero-order valence-corrected chi connectivity index (χ0v) is 9.87. The van der Waals surface area contributed by atoms with Crippen LogP contribution in [0.15, 0.2) is 43.0 Å². The zero-order chi connectivity index (χ0) is 11.9. The van der Waals surface area contributed by atoms with Crippen molar-refractivity contribution in [2.24, 2.45) is 0 Å². The molecular weight excluding hydrogens is 212 g/mol. The van der Waals surface area contributed by atoms with Gasteiger partial charge in [0.15, 0.2) is 0 Å². The van der Waals surface area contributed by atoms with E-state index >= 15 is 0 Å². The molecule has 0 bridgehead atoms. The maximum Gasteiger partial charge on any atom is 0.0753 e. The summed E-state index contributed by atoms with van der Waals surface area (Å²) in [6, 6.07) is 6.19. The Morgan fingerprint density at radius 1 is 1.18 bits per heavy atom. The molecule has 0 aliphatic rings. The lowest BCUT2D eigenvalue weighted by molar-refractivity contribution is 0.559. The van der Waals surface area contributed by atoms with Crippen LogP contribution in [0.25, 0.3) is 0 Å². The molecule has 0 aliphatic heterocycles. The van der Waals surface area contributed by atoms with E-state index in [1.807, 2.05) is 24.4 Å². The van der Waals surface area contributed by atoms with Crippen LogP contribution in [-0.2, 0) is 6.42 Å². The van der Waals surface area contributed by atoms with Gasteiger partial charge in [-0.3, -0.25) is 15.0 Å². The van der Waals surface area contributed by atoms with Crippen molar-refractivity contribution in [2.75, 3.05) is 6.54 Å². The molecule has 0 aromatic carbocycles. The van der Waals surface area contributed by atoms with Crippen LogP contribution in [0.4, 0.5) is 0 Å².